The van der Waals surface area contributed by atoms with Crippen molar-refractivity contribution in [3.8, 4) is 0 Å². The number of thiazole rings is 1. The Bertz CT molecular complexity index is 1010. The van der Waals surface area contributed by atoms with E-state index in [1.807, 2.05) is 12.1 Å². The third-order valence-corrected chi connectivity index (χ3v) is 5.97. The van der Waals surface area contributed by atoms with Crippen LogP contribution in [0.25, 0.3) is 0 Å². The molecule has 3 aromatic rings. The maximum absolute atomic E-state index is 12.5. The van der Waals surface area contributed by atoms with Crippen LogP contribution in [0.1, 0.15) is 25.6 Å². The van der Waals surface area contributed by atoms with Crippen LogP contribution in [0.2, 0.25) is 5.02 Å². The van der Waals surface area contributed by atoms with Crippen molar-refractivity contribution in [3.05, 3.63) is 69.1 Å². The molecule has 0 saturated carbocycles. The number of halogens is 1. The summed E-state index contributed by atoms with van der Waals surface area (Å²) in [6.07, 6.45) is 1.72. The molecule has 2 N–H and O–H groups in total. The molecule has 2 aromatic carbocycles. The lowest BCUT2D eigenvalue weighted by molar-refractivity contribution is 0.0949. The smallest absolute Gasteiger partial charge is 0.256 e. The second kappa shape index (κ2) is 7.11. The van der Waals surface area contributed by atoms with Crippen LogP contribution in [0, 0.1) is 0 Å². The lowest BCUT2D eigenvalue weighted by Crippen LogP contribution is -2.22. The van der Waals surface area contributed by atoms with Crippen LogP contribution in [-0.2, 0) is 6.54 Å². The number of amides is 2. The molecule has 1 aliphatic rings. The number of hydrogen-bond acceptors (Lipinski definition) is 5. The predicted octanol–water partition coefficient (Wildman–Crippen LogP) is 4.44. The molecule has 5 nitrogen and oxygen atoms in total. The molecule has 0 spiro atoms. The van der Waals surface area contributed by atoms with Gasteiger partial charge < -0.3 is 10.6 Å². The monoisotopic (exact) mass is 401 g/mol. The number of benzene rings is 2. The van der Waals surface area contributed by atoms with Crippen LogP contribution in [0.4, 0.5) is 5.69 Å². The van der Waals surface area contributed by atoms with Crippen molar-refractivity contribution in [2.24, 2.45) is 0 Å². The van der Waals surface area contributed by atoms with Crippen LogP contribution in [-0.4, -0.2) is 16.8 Å². The van der Waals surface area contributed by atoms with Crippen molar-refractivity contribution >= 4 is 52.2 Å². The molecular weight excluding hydrogens is 390 g/mol. The molecule has 0 atom stereocenters. The maximum Gasteiger partial charge on any atom is 0.256 e. The van der Waals surface area contributed by atoms with Crippen LogP contribution in [0.15, 0.2) is 57.9 Å². The van der Waals surface area contributed by atoms with E-state index in [9.17, 15) is 9.59 Å². The Morgan fingerprint density at radius 3 is 2.85 bits per heavy atom. The molecule has 0 saturated heterocycles. The van der Waals surface area contributed by atoms with E-state index in [4.69, 9.17) is 11.6 Å². The molecule has 2 amide bonds. The lowest BCUT2D eigenvalue weighted by Gasteiger charge is -2.09. The number of nitrogens with one attached hydrogen (secondary N) is 2. The summed E-state index contributed by atoms with van der Waals surface area (Å²) in [7, 11) is 0. The van der Waals surface area contributed by atoms with Gasteiger partial charge in [0, 0.05) is 31.5 Å². The van der Waals surface area contributed by atoms with E-state index in [2.05, 4.69) is 15.6 Å². The van der Waals surface area contributed by atoms with E-state index in [0.29, 0.717) is 28.4 Å². The average molecular weight is 402 g/mol. The van der Waals surface area contributed by atoms with Crippen molar-refractivity contribution in [2.45, 2.75) is 16.3 Å². The molecule has 4 rings (SSSR count). The van der Waals surface area contributed by atoms with E-state index < -0.39 is 0 Å². The van der Waals surface area contributed by atoms with Gasteiger partial charge in [-0.15, -0.1) is 11.3 Å². The van der Waals surface area contributed by atoms with Crippen LogP contribution in [0.3, 0.4) is 0 Å². The summed E-state index contributed by atoms with van der Waals surface area (Å²) in [6, 6.07) is 10.5. The summed E-state index contributed by atoms with van der Waals surface area (Å²) in [6.45, 7) is 0.422. The highest BCUT2D eigenvalue weighted by Crippen LogP contribution is 2.39. The van der Waals surface area contributed by atoms with Gasteiger partial charge in [0.05, 0.1) is 23.3 Å². The van der Waals surface area contributed by atoms with Crippen molar-refractivity contribution < 1.29 is 9.59 Å². The van der Waals surface area contributed by atoms with Gasteiger partial charge in [-0.2, -0.15) is 0 Å². The van der Waals surface area contributed by atoms with Gasteiger partial charge in [0.1, 0.15) is 0 Å². The normalized spacial score (nSPS) is 12.6. The number of aromatic nitrogens is 1. The van der Waals surface area contributed by atoms with Gasteiger partial charge in [-0.3, -0.25) is 14.6 Å². The Kier molecular flexibility index (Phi) is 4.67. The minimum absolute atomic E-state index is 0.203. The summed E-state index contributed by atoms with van der Waals surface area (Å²) in [5.41, 5.74) is 3.34. The Balaban J connectivity index is 1.58. The molecule has 26 heavy (non-hydrogen) atoms. The number of fused-ring (bicyclic) bond motifs is 2. The highest BCUT2D eigenvalue weighted by Gasteiger charge is 2.21. The van der Waals surface area contributed by atoms with Crippen molar-refractivity contribution in [1.29, 1.82) is 0 Å². The third-order valence-electron chi connectivity index (χ3n) is 3.80. The SMILES string of the molecule is O=C(NCc1cncs1)c1ccc2c(c1)NC(=O)c1cc(Cl)ccc1S2. The van der Waals surface area contributed by atoms with E-state index in [-0.39, 0.29) is 11.8 Å². The second-order valence-corrected chi connectivity index (χ2v) is 8.05. The van der Waals surface area contributed by atoms with Gasteiger partial charge >= 0.3 is 0 Å². The summed E-state index contributed by atoms with van der Waals surface area (Å²) in [5.74, 6) is -0.443. The first kappa shape index (κ1) is 17.1. The Labute approximate surface area is 162 Å². The molecule has 2 heterocycles. The van der Waals surface area contributed by atoms with Gasteiger partial charge in [-0.05, 0) is 36.4 Å². The fourth-order valence-electron chi connectivity index (χ4n) is 2.53. The zero-order valence-electron chi connectivity index (χ0n) is 13.3. The van der Waals surface area contributed by atoms with Crippen molar-refractivity contribution in [2.75, 3.05) is 5.32 Å². The minimum Gasteiger partial charge on any atom is -0.347 e. The summed E-state index contributed by atoms with van der Waals surface area (Å²) >= 11 is 8.96. The zero-order chi connectivity index (χ0) is 18.1. The maximum atomic E-state index is 12.5. The topological polar surface area (TPSA) is 71.1 Å². The number of carbonyl (C=O) groups excluding carboxylic acids is 2. The van der Waals surface area contributed by atoms with Gasteiger partial charge in [0.25, 0.3) is 11.8 Å². The molecular formula is C18H12ClN3O2S2. The third kappa shape index (κ3) is 3.46. The number of nitrogens with zero attached hydrogens (tertiary/aromatic N) is 1. The lowest BCUT2D eigenvalue weighted by atomic mass is 10.1. The van der Waals surface area contributed by atoms with Crippen molar-refractivity contribution in [3.63, 3.8) is 0 Å². The Morgan fingerprint density at radius 1 is 1.19 bits per heavy atom. The van der Waals surface area contributed by atoms with E-state index in [1.54, 1.807) is 36.0 Å². The fraction of sp³-hybridized carbons (Fsp3) is 0.0556. The summed E-state index contributed by atoms with van der Waals surface area (Å²) in [5, 5.41) is 6.23. The first-order chi connectivity index (χ1) is 12.6. The highest BCUT2D eigenvalue weighted by atomic mass is 35.5. The van der Waals surface area contributed by atoms with Crippen LogP contribution in [0.5, 0.6) is 0 Å². The number of carbonyl (C=O) groups is 2. The molecule has 0 aliphatic carbocycles. The summed E-state index contributed by atoms with van der Waals surface area (Å²) < 4.78 is 0. The zero-order valence-corrected chi connectivity index (χ0v) is 15.7. The standard InChI is InChI=1S/C18H12ClN3O2S2/c19-11-2-4-15-13(6-11)18(24)22-14-5-10(1-3-16(14)26-15)17(23)21-8-12-7-20-9-25-12/h1-7,9H,8H2,(H,21,23)(H,22,24). The Hall–Kier alpha value is -2.35. The molecule has 1 aliphatic heterocycles. The van der Waals surface area contributed by atoms with E-state index >= 15 is 0 Å². The van der Waals surface area contributed by atoms with Gasteiger partial charge in [0.15, 0.2) is 0 Å². The first-order valence-electron chi connectivity index (χ1n) is 7.68. The molecule has 8 heteroatoms. The van der Waals surface area contributed by atoms with Gasteiger partial charge in [-0.1, -0.05) is 23.4 Å². The minimum atomic E-state index is -0.240. The van der Waals surface area contributed by atoms with Crippen molar-refractivity contribution in [1.82, 2.24) is 10.3 Å². The molecule has 0 radical (unpaired) electrons. The highest BCUT2D eigenvalue weighted by molar-refractivity contribution is 7.99. The Morgan fingerprint density at radius 2 is 2.04 bits per heavy atom. The van der Waals surface area contributed by atoms with E-state index in [1.165, 1.54) is 23.1 Å². The van der Waals surface area contributed by atoms with Crippen LogP contribution >= 0.6 is 34.7 Å². The number of hydrogen-bond donors (Lipinski definition) is 2. The van der Waals surface area contributed by atoms with Gasteiger partial charge in [-0.25, -0.2) is 0 Å². The molecule has 1 aromatic heterocycles. The molecule has 130 valence electrons. The van der Waals surface area contributed by atoms with E-state index in [0.717, 1.165) is 14.7 Å². The molecule has 0 fully saturated rings. The van der Waals surface area contributed by atoms with Gasteiger partial charge in [0.2, 0.25) is 0 Å². The largest absolute Gasteiger partial charge is 0.347 e. The number of anilines is 1. The fourth-order valence-corrected chi connectivity index (χ4v) is 4.23. The first-order valence-corrected chi connectivity index (χ1v) is 9.76. The second-order valence-electron chi connectivity index (χ2n) is 5.56. The summed E-state index contributed by atoms with van der Waals surface area (Å²) in [4.78, 5) is 31.5. The predicted molar refractivity (Wildman–Crippen MR) is 103 cm³/mol. The quantitative estimate of drug-likeness (QED) is 0.680. The van der Waals surface area contributed by atoms with Crippen LogP contribution < -0.4 is 10.6 Å². The molecule has 0 bridgehead atoms. The number of rotatable bonds is 3. The molecule has 0 unspecified atom stereocenters. The average Bonchev–Trinajstić information content (AvgIpc) is 3.11.